The minimum Gasteiger partial charge on any atom is -0.503 e. The maximum Gasteiger partial charge on any atom is 0.296 e. The molecule has 9 nitrogen and oxygen atoms in total. The van der Waals surface area contributed by atoms with Gasteiger partial charge in [-0.05, 0) is 61.4 Å². The lowest BCUT2D eigenvalue weighted by atomic mass is 9.95. The van der Waals surface area contributed by atoms with Gasteiger partial charge < -0.3 is 19.0 Å². The highest BCUT2D eigenvalue weighted by atomic mass is 32.2. The van der Waals surface area contributed by atoms with Gasteiger partial charge >= 0.3 is 0 Å². The number of aliphatic hydroxyl groups is 1. The third-order valence-corrected chi connectivity index (χ3v) is 8.22. The lowest BCUT2D eigenvalue weighted by Crippen LogP contribution is -2.31. The van der Waals surface area contributed by atoms with Crippen LogP contribution in [0.1, 0.15) is 40.4 Å². The number of aromatic nitrogens is 2. The van der Waals surface area contributed by atoms with Crippen LogP contribution in [0, 0.1) is 12.7 Å². The zero-order chi connectivity index (χ0) is 28.4. The molecule has 0 bridgehead atoms. The van der Waals surface area contributed by atoms with Gasteiger partial charge in [0.1, 0.15) is 11.6 Å². The van der Waals surface area contributed by atoms with Gasteiger partial charge in [0, 0.05) is 5.75 Å². The molecule has 12 heteroatoms. The molecule has 0 saturated carbocycles. The number of ether oxygens (including phenoxy) is 2. The van der Waals surface area contributed by atoms with Crippen LogP contribution in [-0.2, 0) is 10.5 Å². The van der Waals surface area contributed by atoms with Crippen molar-refractivity contribution in [1.82, 2.24) is 10.2 Å². The van der Waals surface area contributed by atoms with Gasteiger partial charge in [0.05, 0.1) is 25.3 Å². The summed E-state index contributed by atoms with van der Waals surface area (Å²) in [5.74, 6) is -0.556. The minimum atomic E-state index is -1.04. The summed E-state index contributed by atoms with van der Waals surface area (Å²) in [4.78, 5) is 28.3. The molecule has 0 aliphatic carbocycles. The highest BCUT2D eigenvalue weighted by molar-refractivity contribution is 8.00. The lowest BCUT2D eigenvalue weighted by molar-refractivity contribution is -0.117. The van der Waals surface area contributed by atoms with E-state index < -0.39 is 23.5 Å². The highest BCUT2D eigenvalue weighted by Gasteiger charge is 2.47. The fourth-order valence-electron chi connectivity index (χ4n) is 4.25. The second-order valence-electron chi connectivity index (χ2n) is 8.69. The summed E-state index contributed by atoms with van der Waals surface area (Å²) in [5.41, 5.74) is 1.22. The van der Waals surface area contributed by atoms with Crippen molar-refractivity contribution in [2.45, 2.75) is 30.0 Å². The number of aryl methyl sites for hydroxylation is 1. The normalized spacial score (nSPS) is 15.2. The van der Waals surface area contributed by atoms with E-state index in [2.05, 4.69) is 10.2 Å². The number of carbonyl (C=O) groups is 2. The molecule has 3 heterocycles. The van der Waals surface area contributed by atoms with Crippen LogP contribution < -0.4 is 14.4 Å². The van der Waals surface area contributed by atoms with Gasteiger partial charge in [0.25, 0.3) is 5.91 Å². The molecule has 0 radical (unpaired) electrons. The molecule has 1 unspecified atom stereocenters. The Morgan fingerprint density at radius 3 is 2.60 bits per heavy atom. The number of Topliss-reactive ketones (excluding diaryl/α,β-unsaturated/α-hetero) is 1. The monoisotopic (exact) mass is 581 g/mol. The number of amides is 1. The quantitative estimate of drug-likeness (QED) is 0.136. The molecule has 1 atom stereocenters. The van der Waals surface area contributed by atoms with Crippen molar-refractivity contribution in [3.8, 4) is 11.5 Å². The number of ketones is 1. The second-order valence-corrected chi connectivity index (χ2v) is 10.9. The number of thioether (sulfide) groups is 1. The van der Waals surface area contributed by atoms with Crippen molar-refractivity contribution < 1.29 is 33.0 Å². The van der Waals surface area contributed by atoms with Crippen LogP contribution in [0.25, 0.3) is 0 Å². The molecule has 0 spiro atoms. The van der Waals surface area contributed by atoms with Crippen molar-refractivity contribution in [3.05, 3.63) is 94.4 Å². The topological polar surface area (TPSA) is 115 Å². The molecule has 0 saturated heterocycles. The fourth-order valence-corrected chi connectivity index (χ4v) is 6.08. The number of carbonyl (C=O) groups excluding carboxylic acids is 2. The van der Waals surface area contributed by atoms with Crippen LogP contribution in [0.2, 0.25) is 0 Å². The molecule has 5 rings (SSSR count). The van der Waals surface area contributed by atoms with E-state index in [1.54, 1.807) is 43.3 Å². The Labute approximate surface area is 237 Å². The van der Waals surface area contributed by atoms with Gasteiger partial charge in [-0.2, -0.15) is 0 Å². The smallest absolute Gasteiger partial charge is 0.296 e. The SMILES string of the molecule is CCOc1ccc(C2C(C(=O)c3ccc(C)o3)=C(O)C(=O)N2c2nnc(SCc3ccc(F)cc3)s2)cc1OC. The standard InChI is InChI=1S/C28H24FN3O6S2/c1-4-37-19-12-8-17(13-21(19)36-3)23-22(24(33)20-11-5-15(2)38-20)25(34)26(35)32(23)27-30-31-28(40-27)39-14-16-6-9-18(29)10-7-16/h5-13,23,34H,4,14H2,1-3H3. The molecular formula is C28H24FN3O6S2. The van der Waals surface area contributed by atoms with E-state index in [1.807, 2.05) is 6.92 Å². The van der Waals surface area contributed by atoms with Crippen LogP contribution in [0.5, 0.6) is 11.5 Å². The summed E-state index contributed by atoms with van der Waals surface area (Å²) in [5, 5.41) is 19.6. The number of halogens is 1. The third-order valence-electron chi connectivity index (χ3n) is 6.10. The van der Waals surface area contributed by atoms with E-state index in [0.717, 1.165) is 16.9 Å². The first-order valence-corrected chi connectivity index (χ1v) is 14.0. The molecule has 2 aromatic carbocycles. The Morgan fingerprint density at radius 1 is 1.15 bits per heavy atom. The molecule has 1 N–H and O–H groups in total. The van der Waals surface area contributed by atoms with Crippen molar-refractivity contribution in [2.24, 2.45) is 0 Å². The zero-order valence-electron chi connectivity index (χ0n) is 21.7. The van der Waals surface area contributed by atoms with Crippen molar-refractivity contribution in [2.75, 3.05) is 18.6 Å². The Hall–Kier alpha value is -4.16. The highest BCUT2D eigenvalue weighted by Crippen LogP contribution is 2.45. The van der Waals surface area contributed by atoms with Gasteiger partial charge in [-0.15, -0.1) is 10.2 Å². The molecular weight excluding hydrogens is 557 g/mol. The number of aliphatic hydroxyl groups excluding tert-OH is 1. The summed E-state index contributed by atoms with van der Waals surface area (Å²) in [6, 6.07) is 13.2. The number of methoxy groups -OCH3 is 1. The fraction of sp³-hybridized carbons (Fsp3) is 0.214. The van der Waals surface area contributed by atoms with Crippen molar-refractivity contribution in [1.29, 1.82) is 0 Å². The van der Waals surface area contributed by atoms with Gasteiger partial charge in [-0.3, -0.25) is 14.5 Å². The Kier molecular flexibility index (Phi) is 7.90. The van der Waals surface area contributed by atoms with E-state index in [-0.39, 0.29) is 22.3 Å². The summed E-state index contributed by atoms with van der Waals surface area (Å²) in [6.07, 6.45) is 0. The van der Waals surface area contributed by atoms with Gasteiger partial charge in [0.15, 0.2) is 27.4 Å². The number of hydrogen-bond donors (Lipinski definition) is 1. The van der Waals surface area contributed by atoms with Crippen molar-refractivity contribution in [3.63, 3.8) is 0 Å². The van der Waals surface area contributed by atoms with Crippen LogP contribution in [-0.4, -0.2) is 40.7 Å². The lowest BCUT2D eigenvalue weighted by Gasteiger charge is -2.24. The van der Waals surface area contributed by atoms with Gasteiger partial charge in [-0.25, -0.2) is 4.39 Å². The molecule has 206 valence electrons. The van der Waals surface area contributed by atoms with Crippen molar-refractivity contribution >= 4 is 39.9 Å². The number of hydrogen-bond acceptors (Lipinski definition) is 10. The van der Waals surface area contributed by atoms with E-state index >= 15 is 0 Å². The summed E-state index contributed by atoms with van der Waals surface area (Å²) < 4.78 is 30.4. The zero-order valence-corrected chi connectivity index (χ0v) is 23.3. The first-order chi connectivity index (χ1) is 19.3. The first kappa shape index (κ1) is 27.4. The molecule has 2 aromatic heterocycles. The molecule has 1 amide bonds. The molecule has 1 aliphatic rings. The van der Waals surface area contributed by atoms with E-state index in [1.165, 1.54) is 42.0 Å². The number of benzene rings is 2. The maximum atomic E-state index is 13.6. The molecule has 4 aromatic rings. The second kappa shape index (κ2) is 11.5. The third kappa shape index (κ3) is 5.32. The Bertz CT molecular complexity index is 1600. The van der Waals surface area contributed by atoms with E-state index in [4.69, 9.17) is 13.9 Å². The Morgan fingerprint density at radius 2 is 1.93 bits per heavy atom. The van der Waals surface area contributed by atoms with Crippen LogP contribution in [0.3, 0.4) is 0 Å². The number of anilines is 1. The molecule has 40 heavy (non-hydrogen) atoms. The number of nitrogens with zero attached hydrogens (tertiary/aromatic N) is 3. The predicted octanol–water partition coefficient (Wildman–Crippen LogP) is 6.06. The largest absolute Gasteiger partial charge is 0.503 e. The number of rotatable bonds is 10. The summed E-state index contributed by atoms with van der Waals surface area (Å²) >= 11 is 2.50. The Balaban J connectivity index is 1.53. The average molecular weight is 582 g/mol. The van der Waals surface area contributed by atoms with Gasteiger partial charge in [0.2, 0.25) is 10.9 Å². The van der Waals surface area contributed by atoms with Gasteiger partial charge in [-0.1, -0.05) is 41.3 Å². The van der Waals surface area contributed by atoms with Crippen LogP contribution in [0.4, 0.5) is 9.52 Å². The van der Waals surface area contributed by atoms with Crippen LogP contribution >= 0.6 is 23.1 Å². The van der Waals surface area contributed by atoms with E-state index in [0.29, 0.717) is 39.5 Å². The summed E-state index contributed by atoms with van der Waals surface area (Å²) in [7, 11) is 1.49. The molecule has 1 aliphatic heterocycles. The first-order valence-electron chi connectivity index (χ1n) is 12.2. The maximum absolute atomic E-state index is 13.6. The molecule has 0 fully saturated rings. The minimum absolute atomic E-state index is 0.00981. The van der Waals surface area contributed by atoms with Crippen LogP contribution in [0.15, 0.2) is 74.7 Å². The predicted molar refractivity (Wildman–Crippen MR) is 148 cm³/mol. The summed E-state index contributed by atoms with van der Waals surface area (Å²) in [6.45, 7) is 3.95. The number of furan rings is 1. The van der Waals surface area contributed by atoms with E-state index in [9.17, 15) is 19.1 Å². The average Bonchev–Trinajstić information content (AvgIpc) is 3.67.